The van der Waals surface area contributed by atoms with E-state index in [2.05, 4.69) is 15.1 Å². The van der Waals surface area contributed by atoms with Crippen LogP contribution in [-0.2, 0) is 11.3 Å². The van der Waals surface area contributed by atoms with E-state index in [9.17, 15) is 0 Å². The lowest BCUT2D eigenvalue weighted by molar-refractivity contribution is 0.186. The Morgan fingerprint density at radius 1 is 1.22 bits per heavy atom. The Balaban J connectivity index is 2.19. The van der Waals surface area contributed by atoms with Crippen molar-refractivity contribution in [2.45, 2.75) is 6.61 Å². The van der Waals surface area contributed by atoms with Gasteiger partial charge in [-0.15, -0.1) is 0 Å². The van der Waals surface area contributed by atoms with Gasteiger partial charge in [0.25, 0.3) is 0 Å². The Morgan fingerprint density at radius 2 is 2.17 bits per heavy atom. The Bertz CT molecular complexity index is 663. The molecule has 0 saturated heterocycles. The van der Waals surface area contributed by atoms with E-state index in [1.54, 1.807) is 25.7 Å². The molecule has 5 heteroatoms. The Morgan fingerprint density at radius 3 is 2.94 bits per heavy atom. The second-order valence-electron chi connectivity index (χ2n) is 3.91. The van der Waals surface area contributed by atoms with E-state index in [-0.39, 0.29) is 0 Å². The maximum atomic E-state index is 5.13. The van der Waals surface area contributed by atoms with Crippen LogP contribution in [0.5, 0.6) is 0 Å². The van der Waals surface area contributed by atoms with Crippen molar-refractivity contribution in [1.82, 2.24) is 19.6 Å². The van der Waals surface area contributed by atoms with Crippen LogP contribution < -0.4 is 0 Å². The summed E-state index contributed by atoms with van der Waals surface area (Å²) in [5, 5.41) is 4.36. The predicted octanol–water partition coefficient (Wildman–Crippen LogP) is 1.94. The van der Waals surface area contributed by atoms with Crippen LogP contribution in [0.1, 0.15) is 5.56 Å². The summed E-state index contributed by atoms with van der Waals surface area (Å²) in [4.78, 5) is 8.47. The zero-order valence-corrected chi connectivity index (χ0v) is 9.95. The molecule has 18 heavy (non-hydrogen) atoms. The van der Waals surface area contributed by atoms with Crippen LogP contribution in [0.15, 0.2) is 43.0 Å². The van der Waals surface area contributed by atoms with Crippen LogP contribution in [0.4, 0.5) is 0 Å². The number of methoxy groups -OCH3 is 1. The normalized spacial score (nSPS) is 10.9. The fraction of sp³-hybridized carbons (Fsp3) is 0.154. The minimum Gasteiger partial charge on any atom is -0.380 e. The molecular formula is C13H12N4O. The first-order chi connectivity index (χ1) is 8.90. The van der Waals surface area contributed by atoms with Gasteiger partial charge >= 0.3 is 0 Å². The number of pyridine rings is 1. The van der Waals surface area contributed by atoms with Crippen LogP contribution in [0.2, 0.25) is 0 Å². The van der Waals surface area contributed by atoms with Crippen LogP contribution in [0.3, 0.4) is 0 Å². The summed E-state index contributed by atoms with van der Waals surface area (Å²) in [6, 6.07) is 5.83. The largest absolute Gasteiger partial charge is 0.380 e. The predicted molar refractivity (Wildman–Crippen MR) is 66.9 cm³/mol. The van der Waals surface area contributed by atoms with E-state index >= 15 is 0 Å². The SMILES string of the molecule is COCc1cnn2c(-c3cccnc3)ccnc12. The van der Waals surface area contributed by atoms with E-state index in [0.717, 1.165) is 22.5 Å². The van der Waals surface area contributed by atoms with Gasteiger partial charge in [-0.1, -0.05) is 0 Å². The first-order valence-corrected chi connectivity index (χ1v) is 5.61. The molecule has 3 heterocycles. The molecule has 0 fully saturated rings. The highest BCUT2D eigenvalue weighted by Gasteiger charge is 2.09. The molecule has 0 aliphatic heterocycles. The maximum Gasteiger partial charge on any atom is 0.161 e. The van der Waals surface area contributed by atoms with Crippen molar-refractivity contribution in [1.29, 1.82) is 0 Å². The third-order valence-corrected chi connectivity index (χ3v) is 2.73. The number of fused-ring (bicyclic) bond motifs is 1. The summed E-state index contributed by atoms with van der Waals surface area (Å²) >= 11 is 0. The third kappa shape index (κ3) is 1.74. The van der Waals surface area contributed by atoms with Crippen molar-refractivity contribution in [2.24, 2.45) is 0 Å². The molecule has 0 bridgehead atoms. The molecule has 0 aromatic carbocycles. The Hall–Kier alpha value is -2.27. The summed E-state index contributed by atoms with van der Waals surface area (Å²) in [5.74, 6) is 0. The van der Waals surface area contributed by atoms with Gasteiger partial charge in [0.1, 0.15) is 0 Å². The summed E-state index contributed by atoms with van der Waals surface area (Å²) in [6.07, 6.45) is 7.12. The van der Waals surface area contributed by atoms with Gasteiger partial charge in [-0.3, -0.25) is 4.98 Å². The van der Waals surface area contributed by atoms with E-state index in [4.69, 9.17) is 4.74 Å². The zero-order chi connectivity index (χ0) is 12.4. The second-order valence-corrected chi connectivity index (χ2v) is 3.91. The smallest absolute Gasteiger partial charge is 0.161 e. The summed E-state index contributed by atoms with van der Waals surface area (Å²) in [5.41, 5.74) is 3.77. The summed E-state index contributed by atoms with van der Waals surface area (Å²) in [7, 11) is 1.66. The first-order valence-electron chi connectivity index (χ1n) is 5.61. The number of aromatic nitrogens is 4. The number of nitrogens with zero attached hydrogens (tertiary/aromatic N) is 4. The van der Waals surface area contributed by atoms with Crippen molar-refractivity contribution in [3.05, 3.63) is 48.5 Å². The second kappa shape index (κ2) is 4.54. The highest BCUT2D eigenvalue weighted by molar-refractivity contribution is 5.62. The quantitative estimate of drug-likeness (QED) is 0.702. The number of ether oxygens (including phenoxy) is 1. The van der Waals surface area contributed by atoms with E-state index in [0.29, 0.717) is 6.61 Å². The van der Waals surface area contributed by atoms with Crippen molar-refractivity contribution in [3.63, 3.8) is 0 Å². The van der Waals surface area contributed by atoms with Crippen LogP contribution in [0, 0.1) is 0 Å². The lowest BCUT2D eigenvalue weighted by atomic mass is 10.2. The standard InChI is InChI=1S/C13H12N4O/c1-18-9-11-8-16-17-12(4-6-15-13(11)17)10-3-2-5-14-7-10/h2-8H,9H2,1H3. The van der Waals surface area contributed by atoms with Gasteiger partial charge in [0.15, 0.2) is 5.65 Å². The molecule has 5 nitrogen and oxygen atoms in total. The van der Waals surface area contributed by atoms with Gasteiger partial charge in [0.2, 0.25) is 0 Å². The molecule has 3 aromatic rings. The Labute approximate surface area is 104 Å². The first kappa shape index (κ1) is 10.9. The van der Waals surface area contributed by atoms with Gasteiger partial charge in [0, 0.05) is 36.8 Å². The molecule has 0 spiro atoms. The molecule has 0 amide bonds. The van der Waals surface area contributed by atoms with E-state index < -0.39 is 0 Å². The van der Waals surface area contributed by atoms with E-state index in [1.807, 2.05) is 28.9 Å². The molecule has 0 aliphatic rings. The van der Waals surface area contributed by atoms with Crippen molar-refractivity contribution in [2.75, 3.05) is 7.11 Å². The van der Waals surface area contributed by atoms with Crippen LogP contribution in [0.25, 0.3) is 16.9 Å². The monoisotopic (exact) mass is 240 g/mol. The van der Waals surface area contributed by atoms with Crippen LogP contribution >= 0.6 is 0 Å². The molecular weight excluding hydrogens is 228 g/mol. The Kier molecular flexibility index (Phi) is 2.74. The maximum absolute atomic E-state index is 5.13. The molecule has 3 aromatic heterocycles. The van der Waals surface area contributed by atoms with Gasteiger partial charge in [-0.2, -0.15) is 5.10 Å². The minimum absolute atomic E-state index is 0.507. The van der Waals surface area contributed by atoms with Gasteiger partial charge in [0.05, 0.1) is 18.5 Å². The van der Waals surface area contributed by atoms with Gasteiger partial charge in [-0.25, -0.2) is 9.50 Å². The van der Waals surface area contributed by atoms with Gasteiger partial charge in [-0.05, 0) is 18.2 Å². The van der Waals surface area contributed by atoms with Crippen molar-refractivity contribution in [3.8, 4) is 11.3 Å². The highest BCUT2D eigenvalue weighted by Crippen LogP contribution is 2.19. The molecule has 0 radical (unpaired) electrons. The summed E-state index contributed by atoms with van der Waals surface area (Å²) < 4.78 is 6.95. The molecule has 3 rings (SSSR count). The molecule has 0 unspecified atom stereocenters. The average molecular weight is 240 g/mol. The topological polar surface area (TPSA) is 52.3 Å². The van der Waals surface area contributed by atoms with Crippen molar-refractivity contribution < 1.29 is 4.74 Å². The van der Waals surface area contributed by atoms with Gasteiger partial charge < -0.3 is 4.74 Å². The number of rotatable bonds is 3. The minimum atomic E-state index is 0.507. The zero-order valence-electron chi connectivity index (χ0n) is 9.95. The molecule has 0 saturated carbocycles. The lowest BCUT2D eigenvalue weighted by Gasteiger charge is -2.04. The fourth-order valence-corrected chi connectivity index (χ4v) is 1.93. The highest BCUT2D eigenvalue weighted by atomic mass is 16.5. The third-order valence-electron chi connectivity index (χ3n) is 2.73. The molecule has 0 aliphatic carbocycles. The van der Waals surface area contributed by atoms with Crippen LogP contribution in [-0.4, -0.2) is 26.7 Å². The summed E-state index contributed by atoms with van der Waals surface area (Å²) in [6.45, 7) is 0.507. The van der Waals surface area contributed by atoms with Crippen molar-refractivity contribution >= 4 is 5.65 Å². The fourth-order valence-electron chi connectivity index (χ4n) is 1.93. The lowest BCUT2D eigenvalue weighted by Crippen LogP contribution is -1.97. The molecule has 90 valence electrons. The average Bonchev–Trinajstić information content (AvgIpc) is 2.84. The molecule has 0 atom stereocenters. The molecule has 0 N–H and O–H groups in total. The van der Waals surface area contributed by atoms with E-state index in [1.165, 1.54) is 0 Å². The number of hydrogen-bond donors (Lipinski definition) is 0. The number of hydrogen-bond acceptors (Lipinski definition) is 4.